The van der Waals surface area contributed by atoms with Gasteiger partial charge < -0.3 is 30.1 Å². The van der Waals surface area contributed by atoms with E-state index in [1.54, 1.807) is 36.4 Å². The molecule has 2 aliphatic heterocycles. The molecule has 0 spiro atoms. The van der Waals surface area contributed by atoms with Crippen molar-refractivity contribution in [2.24, 2.45) is 0 Å². The number of esters is 1. The van der Waals surface area contributed by atoms with Crippen LogP contribution in [0.1, 0.15) is 41.6 Å². The van der Waals surface area contributed by atoms with Crippen LogP contribution >= 0.6 is 0 Å². The quantitative estimate of drug-likeness (QED) is 0.106. The Morgan fingerprint density at radius 2 is 1.55 bits per heavy atom. The molecule has 3 aromatic rings. The lowest BCUT2D eigenvalue weighted by Gasteiger charge is -2.35. The van der Waals surface area contributed by atoms with Crippen LogP contribution in [0.4, 0.5) is 11.4 Å². The summed E-state index contributed by atoms with van der Waals surface area (Å²) in [6.07, 6.45) is 0.265. The van der Waals surface area contributed by atoms with Gasteiger partial charge in [0.1, 0.15) is 25.3 Å². The molecule has 13 heteroatoms. The summed E-state index contributed by atoms with van der Waals surface area (Å²) in [6, 6.07) is 22.0. The van der Waals surface area contributed by atoms with Crippen molar-refractivity contribution in [3.8, 4) is 0 Å². The van der Waals surface area contributed by atoms with E-state index < -0.39 is 66.7 Å². The van der Waals surface area contributed by atoms with Gasteiger partial charge in [-0.25, -0.2) is 0 Å². The maximum absolute atomic E-state index is 14.1. The van der Waals surface area contributed by atoms with Gasteiger partial charge >= 0.3 is 5.97 Å². The summed E-state index contributed by atoms with van der Waals surface area (Å²) < 4.78 is 11.2. The number of hydrogen-bond acceptors (Lipinski definition) is 9. The van der Waals surface area contributed by atoms with E-state index >= 15 is 0 Å². The number of anilines is 2. The number of ether oxygens (including phenoxy) is 2. The summed E-state index contributed by atoms with van der Waals surface area (Å²) in [5.74, 6) is -4.29. The van der Waals surface area contributed by atoms with E-state index in [4.69, 9.17) is 9.47 Å². The van der Waals surface area contributed by atoms with Gasteiger partial charge in [0, 0.05) is 18.7 Å². The lowest BCUT2D eigenvalue weighted by molar-refractivity contribution is -0.142. The average molecular weight is 671 g/mol. The molecule has 0 bridgehead atoms. The fraction of sp³-hybridized carbons (Fsp3) is 0.333. The first-order valence-corrected chi connectivity index (χ1v) is 16.1. The van der Waals surface area contributed by atoms with E-state index in [1.165, 1.54) is 23.1 Å². The minimum absolute atomic E-state index is 0.0507. The summed E-state index contributed by atoms with van der Waals surface area (Å²) in [4.78, 5) is 80.9. The molecule has 3 atom stereocenters. The van der Waals surface area contributed by atoms with Gasteiger partial charge in [0.25, 0.3) is 11.8 Å². The topological polar surface area (TPSA) is 172 Å². The van der Waals surface area contributed by atoms with Crippen LogP contribution in [0.3, 0.4) is 0 Å². The standard InChI is InChI=1S/C36H38N4O9/c41-22-32(43)39-18-17-26(38-35(46)34(45)25-12-5-2-6-13-25)36(47)40(29-15-8-7-14-28(29)39)21-31(42)37-27-20-33(44)49-30(27)16-9-19-48-23-24-10-3-1-4-11-24/h1-8,10-15,26-27,30,41H,9,16-23H2,(H,37,42)(H,38,46)/t26-,27-,30?/m0/s1. The highest BCUT2D eigenvalue weighted by atomic mass is 16.6. The van der Waals surface area contributed by atoms with Crippen LogP contribution in [-0.4, -0.2) is 85.0 Å². The second-order valence-electron chi connectivity index (χ2n) is 11.7. The number of ketones is 1. The van der Waals surface area contributed by atoms with Crippen LogP contribution in [0, 0.1) is 0 Å². The van der Waals surface area contributed by atoms with Gasteiger partial charge in [-0.3, -0.25) is 33.7 Å². The summed E-state index contributed by atoms with van der Waals surface area (Å²) in [5, 5.41) is 15.0. The maximum Gasteiger partial charge on any atom is 0.308 e. The van der Waals surface area contributed by atoms with E-state index in [9.17, 15) is 33.9 Å². The second kappa shape index (κ2) is 16.6. The number of aliphatic hydroxyl groups excluding tert-OH is 1. The number of carbonyl (C=O) groups excluding carboxylic acids is 6. The van der Waals surface area contributed by atoms with Crippen molar-refractivity contribution in [2.75, 3.05) is 36.1 Å². The molecular weight excluding hydrogens is 632 g/mol. The lowest BCUT2D eigenvalue weighted by atomic mass is 10.0. The average Bonchev–Trinajstić information content (AvgIpc) is 3.47. The highest BCUT2D eigenvalue weighted by Crippen LogP contribution is 2.32. The van der Waals surface area contributed by atoms with Gasteiger partial charge in [-0.1, -0.05) is 72.8 Å². The Morgan fingerprint density at radius 1 is 0.878 bits per heavy atom. The number of amides is 4. The number of para-hydroxylation sites is 2. The Morgan fingerprint density at radius 3 is 2.27 bits per heavy atom. The second-order valence-corrected chi connectivity index (χ2v) is 11.7. The normalized spacial score (nSPS) is 18.9. The fourth-order valence-electron chi connectivity index (χ4n) is 5.88. The molecule has 0 radical (unpaired) electrons. The monoisotopic (exact) mass is 670 g/mol. The van der Waals surface area contributed by atoms with Gasteiger partial charge in [0.05, 0.1) is 30.4 Å². The van der Waals surface area contributed by atoms with Crippen LogP contribution in [0.5, 0.6) is 0 Å². The van der Waals surface area contributed by atoms with Crippen molar-refractivity contribution in [2.45, 2.75) is 50.5 Å². The maximum atomic E-state index is 14.1. The van der Waals surface area contributed by atoms with Gasteiger partial charge in [-0.15, -0.1) is 0 Å². The van der Waals surface area contributed by atoms with Crippen molar-refractivity contribution in [1.82, 2.24) is 10.6 Å². The van der Waals surface area contributed by atoms with Gasteiger partial charge in [0.15, 0.2) is 0 Å². The molecule has 2 aliphatic rings. The van der Waals surface area contributed by atoms with E-state index in [1.807, 2.05) is 30.3 Å². The number of cyclic esters (lactones) is 1. The van der Waals surface area contributed by atoms with Crippen molar-refractivity contribution in [1.29, 1.82) is 0 Å². The Bertz CT molecular complexity index is 1670. The first kappa shape index (κ1) is 34.9. The number of carbonyl (C=O) groups is 6. The number of nitrogens with zero attached hydrogens (tertiary/aromatic N) is 2. The van der Waals surface area contributed by atoms with Crippen molar-refractivity contribution in [3.05, 3.63) is 96.1 Å². The molecule has 4 amide bonds. The Balaban J connectivity index is 1.29. The third kappa shape index (κ3) is 8.95. The lowest BCUT2D eigenvalue weighted by Crippen LogP contribution is -2.56. The molecular formula is C36H38N4O9. The van der Waals surface area contributed by atoms with E-state index in [0.29, 0.717) is 26.1 Å². The molecule has 3 N–H and O–H groups in total. The van der Waals surface area contributed by atoms with Crippen LogP contribution in [-0.2, 0) is 40.1 Å². The highest BCUT2D eigenvalue weighted by Gasteiger charge is 2.38. The smallest absolute Gasteiger partial charge is 0.308 e. The number of hydrogen-bond donors (Lipinski definition) is 3. The van der Waals surface area contributed by atoms with Gasteiger partial charge in [0.2, 0.25) is 17.6 Å². The van der Waals surface area contributed by atoms with E-state index in [-0.39, 0.29) is 36.3 Å². The number of Topliss-reactive ketones (excluding diaryl/α,β-unsaturated/α-hetero) is 1. The largest absolute Gasteiger partial charge is 0.460 e. The minimum atomic E-state index is -1.30. The van der Waals surface area contributed by atoms with Gasteiger partial charge in [-0.2, -0.15) is 0 Å². The first-order chi connectivity index (χ1) is 23.7. The number of aliphatic hydroxyl groups is 1. The van der Waals surface area contributed by atoms with Crippen LogP contribution < -0.4 is 20.4 Å². The van der Waals surface area contributed by atoms with Crippen molar-refractivity contribution >= 4 is 46.8 Å². The van der Waals surface area contributed by atoms with Gasteiger partial charge in [-0.05, 0) is 37.0 Å². The Labute approximate surface area is 283 Å². The van der Waals surface area contributed by atoms with Crippen molar-refractivity contribution in [3.63, 3.8) is 0 Å². The number of rotatable bonds is 13. The number of fused-ring (bicyclic) bond motifs is 1. The van der Waals surface area contributed by atoms with E-state index in [2.05, 4.69) is 10.6 Å². The number of benzene rings is 3. The molecule has 13 nitrogen and oxygen atoms in total. The number of nitrogens with one attached hydrogen (secondary N) is 2. The summed E-state index contributed by atoms with van der Waals surface area (Å²) in [6.45, 7) is -0.551. The Hall–Kier alpha value is -5.40. The predicted molar refractivity (Wildman–Crippen MR) is 177 cm³/mol. The molecule has 256 valence electrons. The summed E-state index contributed by atoms with van der Waals surface area (Å²) in [7, 11) is 0. The highest BCUT2D eigenvalue weighted by molar-refractivity contribution is 6.43. The minimum Gasteiger partial charge on any atom is -0.460 e. The summed E-state index contributed by atoms with van der Waals surface area (Å²) in [5.41, 5.74) is 1.63. The molecule has 5 rings (SSSR count). The molecule has 0 saturated carbocycles. The zero-order valence-corrected chi connectivity index (χ0v) is 26.8. The van der Waals surface area contributed by atoms with Crippen LogP contribution in [0.2, 0.25) is 0 Å². The molecule has 2 heterocycles. The molecule has 1 unspecified atom stereocenters. The molecule has 0 aliphatic carbocycles. The Kier molecular flexibility index (Phi) is 11.8. The fourth-order valence-corrected chi connectivity index (χ4v) is 5.88. The van der Waals surface area contributed by atoms with Crippen molar-refractivity contribution < 1.29 is 43.3 Å². The molecule has 49 heavy (non-hydrogen) atoms. The van der Waals surface area contributed by atoms with Crippen LogP contribution in [0.15, 0.2) is 84.9 Å². The molecule has 1 saturated heterocycles. The predicted octanol–water partition coefficient (Wildman–Crippen LogP) is 1.91. The molecule has 1 fully saturated rings. The SMILES string of the molecule is O=C(CN1C(=O)[C@@H](NC(=O)C(=O)c2ccccc2)CCN(C(=O)CO)c2ccccc21)N[C@H]1CC(=O)OC1CCCOCc1ccccc1. The third-order valence-corrected chi connectivity index (χ3v) is 8.31. The zero-order valence-electron chi connectivity index (χ0n) is 26.8. The summed E-state index contributed by atoms with van der Waals surface area (Å²) >= 11 is 0. The first-order valence-electron chi connectivity index (χ1n) is 16.1. The molecule has 3 aromatic carbocycles. The van der Waals surface area contributed by atoms with Crippen LogP contribution in [0.25, 0.3) is 0 Å². The zero-order chi connectivity index (χ0) is 34.8. The third-order valence-electron chi connectivity index (χ3n) is 8.31. The molecule has 0 aromatic heterocycles. The van der Waals surface area contributed by atoms with E-state index in [0.717, 1.165) is 10.5 Å².